The highest BCUT2D eigenvalue weighted by Crippen LogP contribution is 2.34. The van der Waals surface area contributed by atoms with Gasteiger partial charge in [-0.2, -0.15) is 0 Å². The Hall–Kier alpha value is -2.65. The lowest BCUT2D eigenvalue weighted by Gasteiger charge is -2.25. The van der Waals surface area contributed by atoms with Gasteiger partial charge in [-0.15, -0.1) is 0 Å². The second-order valence-electron chi connectivity index (χ2n) is 5.47. The molecule has 3 rings (SSSR count). The van der Waals surface area contributed by atoms with Gasteiger partial charge in [-0.3, -0.25) is 0 Å². The molecule has 0 aliphatic rings. The molecule has 23 heavy (non-hydrogen) atoms. The fraction of sp³-hybridized carbons (Fsp3) is 0.100. The van der Waals surface area contributed by atoms with Crippen molar-refractivity contribution in [1.82, 2.24) is 0 Å². The van der Waals surface area contributed by atoms with Crippen molar-refractivity contribution < 1.29 is 9.50 Å². The van der Waals surface area contributed by atoms with Gasteiger partial charge >= 0.3 is 0 Å². The number of benzene rings is 3. The zero-order valence-electron chi connectivity index (χ0n) is 12.9. The Morgan fingerprint density at radius 3 is 1.65 bits per heavy atom. The highest BCUT2D eigenvalue weighted by Gasteiger charge is 2.12. The fourth-order valence-electron chi connectivity index (χ4n) is 2.48. The van der Waals surface area contributed by atoms with Crippen molar-refractivity contribution in [3.8, 4) is 0 Å². The molecule has 3 aromatic rings. The SMILES string of the molecule is Cc1ccc(N(c2ccc(F)cc2)c2ccc(CO)cc2)cc1. The molecular formula is C20H18FNO. The Bertz CT molecular complexity index is 719. The van der Waals surface area contributed by atoms with E-state index in [0.717, 1.165) is 22.6 Å². The third kappa shape index (κ3) is 3.41. The van der Waals surface area contributed by atoms with Gasteiger partial charge in [0.25, 0.3) is 0 Å². The maximum atomic E-state index is 13.3. The van der Waals surface area contributed by atoms with E-state index in [1.54, 1.807) is 12.1 Å². The second-order valence-corrected chi connectivity index (χ2v) is 5.47. The minimum atomic E-state index is -0.256. The van der Waals surface area contributed by atoms with E-state index in [1.807, 2.05) is 55.5 Å². The summed E-state index contributed by atoms with van der Waals surface area (Å²) in [5, 5.41) is 9.21. The predicted octanol–water partition coefficient (Wildman–Crippen LogP) is 5.10. The Morgan fingerprint density at radius 1 is 0.739 bits per heavy atom. The van der Waals surface area contributed by atoms with E-state index in [0.29, 0.717) is 0 Å². The third-order valence-electron chi connectivity index (χ3n) is 3.75. The second kappa shape index (κ2) is 6.63. The smallest absolute Gasteiger partial charge is 0.123 e. The van der Waals surface area contributed by atoms with Crippen LogP contribution in [0.25, 0.3) is 0 Å². The number of aryl methyl sites for hydroxylation is 1. The van der Waals surface area contributed by atoms with Crippen LogP contribution in [0.5, 0.6) is 0 Å². The van der Waals surface area contributed by atoms with Crippen LogP contribution in [-0.4, -0.2) is 5.11 Å². The molecule has 0 radical (unpaired) electrons. The van der Waals surface area contributed by atoms with Gasteiger partial charge in [-0.05, 0) is 61.0 Å². The molecule has 0 saturated carbocycles. The molecule has 1 N–H and O–H groups in total. The van der Waals surface area contributed by atoms with Crippen LogP contribution in [0.3, 0.4) is 0 Å². The van der Waals surface area contributed by atoms with E-state index in [1.165, 1.54) is 17.7 Å². The lowest BCUT2D eigenvalue weighted by molar-refractivity contribution is 0.282. The first-order valence-electron chi connectivity index (χ1n) is 7.49. The van der Waals surface area contributed by atoms with Crippen LogP contribution in [0, 0.1) is 12.7 Å². The van der Waals surface area contributed by atoms with Crippen molar-refractivity contribution in [2.24, 2.45) is 0 Å². The number of halogens is 1. The molecule has 0 unspecified atom stereocenters. The summed E-state index contributed by atoms with van der Waals surface area (Å²) in [5.74, 6) is -0.256. The Kier molecular flexibility index (Phi) is 4.40. The van der Waals surface area contributed by atoms with E-state index in [4.69, 9.17) is 0 Å². The summed E-state index contributed by atoms with van der Waals surface area (Å²) in [5.41, 5.74) is 4.88. The number of anilines is 3. The molecule has 0 bridgehead atoms. The van der Waals surface area contributed by atoms with Crippen molar-refractivity contribution in [2.75, 3.05) is 4.90 Å². The summed E-state index contributed by atoms with van der Waals surface area (Å²) < 4.78 is 13.3. The number of hydrogen-bond donors (Lipinski definition) is 1. The van der Waals surface area contributed by atoms with Crippen molar-refractivity contribution >= 4 is 17.1 Å². The molecule has 3 heteroatoms. The summed E-state index contributed by atoms with van der Waals surface area (Å²) in [4.78, 5) is 2.06. The number of nitrogens with zero attached hydrogens (tertiary/aromatic N) is 1. The molecule has 116 valence electrons. The van der Waals surface area contributed by atoms with E-state index in [-0.39, 0.29) is 12.4 Å². The molecule has 0 amide bonds. The molecule has 0 spiro atoms. The van der Waals surface area contributed by atoms with Crippen molar-refractivity contribution in [2.45, 2.75) is 13.5 Å². The number of aliphatic hydroxyl groups excluding tert-OH is 1. The van der Waals surface area contributed by atoms with Crippen LogP contribution in [-0.2, 0) is 6.61 Å². The highest BCUT2D eigenvalue weighted by molar-refractivity contribution is 5.76. The van der Waals surface area contributed by atoms with E-state index in [9.17, 15) is 9.50 Å². The Balaban J connectivity index is 2.08. The number of hydrogen-bond acceptors (Lipinski definition) is 2. The molecule has 0 aliphatic carbocycles. The molecular weight excluding hydrogens is 289 g/mol. The molecule has 0 saturated heterocycles. The Morgan fingerprint density at radius 2 is 1.17 bits per heavy atom. The van der Waals surface area contributed by atoms with Gasteiger partial charge in [0.15, 0.2) is 0 Å². The molecule has 0 aromatic heterocycles. The molecule has 0 fully saturated rings. The normalized spacial score (nSPS) is 10.6. The predicted molar refractivity (Wildman–Crippen MR) is 91.7 cm³/mol. The minimum Gasteiger partial charge on any atom is -0.392 e. The zero-order valence-corrected chi connectivity index (χ0v) is 12.9. The van der Waals surface area contributed by atoms with Crippen LogP contribution in [0.1, 0.15) is 11.1 Å². The number of rotatable bonds is 4. The quantitative estimate of drug-likeness (QED) is 0.725. The van der Waals surface area contributed by atoms with Crippen LogP contribution in [0.4, 0.5) is 21.5 Å². The van der Waals surface area contributed by atoms with Gasteiger partial charge in [-0.25, -0.2) is 4.39 Å². The molecule has 0 aliphatic heterocycles. The monoisotopic (exact) mass is 307 g/mol. The average Bonchev–Trinajstić information content (AvgIpc) is 2.59. The maximum Gasteiger partial charge on any atom is 0.123 e. The van der Waals surface area contributed by atoms with E-state index in [2.05, 4.69) is 4.90 Å². The van der Waals surface area contributed by atoms with Crippen molar-refractivity contribution in [3.63, 3.8) is 0 Å². The van der Waals surface area contributed by atoms with Gasteiger partial charge in [0.1, 0.15) is 5.82 Å². The zero-order chi connectivity index (χ0) is 16.2. The number of aliphatic hydroxyl groups is 1. The molecule has 3 aromatic carbocycles. The maximum absolute atomic E-state index is 13.3. The van der Waals surface area contributed by atoms with Crippen LogP contribution in [0.2, 0.25) is 0 Å². The first kappa shape index (κ1) is 15.3. The van der Waals surface area contributed by atoms with E-state index < -0.39 is 0 Å². The summed E-state index contributed by atoms with van der Waals surface area (Å²) in [6.07, 6.45) is 0. The lowest BCUT2D eigenvalue weighted by atomic mass is 10.1. The lowest BCUT2D eigenvalue weighted by Crippen LogP contribution is -2.10. The third-order valence-corrected chi connectivity index (χ3v) is 3.75. The summed E-state index contributed by atoms with van der Waals surface area (Å²) in [6.45, 7) is 2.06. The minimum absolute atomic E-state index is 0.0152. The average molecular weight is 307 g/mol. The first-order valence-corrected chi connectivity index (χ1v) is 7.49. The van der Waals surface area contributed by atoms with Gasteiger partial charge in [0, 0.05) is 17.1 Å². The van der Waals surface area contributed by atoms with E-state index >= 15 is 0 Å². The largest absolute Gasteiger partial charge is 0.392 e. The molecule has 0 atom stereocenters. The van der Waals surface area contributed by atoms with Crippen LogP contribution >= 0.6 is 0 Å². The van der Waals surface area contributed by atoms with Gasteiger partial charge in [0.2, 0.25) is 0 Å². The summed E-state index contributed by atoms with van der Waals surface area (Å²) in [6, 6.07) is 22.3. The van der Waals surface area contributed by atoms with Crippen molar-refractivity contribution in [1.29, 1.82) is 0 Å². The summed E-state index contributed by atoms with van der Waals surface area (Å²) >= 11 is 0. The van der Waals surface area contributed by atoms with Gasteiger partial charge in [0.05, 0.1) is 6.61 Å². The topological polar surface area (TPSA) is 23.5 Å². The fourth-order valence-corrected chi connectivity index (χ4v) is 2.48. The molecule has 0 heterocycles. The van der Waals surface area contributed by atoms with Crippen LogP contribution < -0.4 is 4.90 Å². The standard InChI is InChI=1S/C20H18FNO/c1-15-2-8-18(9-3-15)22(20-12-6-17(21)7-13-20)19-10-4-16(14-23)5-11-19/h2-13,23H,14H2,1H3. The first-order chi connectivity index (χ1) is 11.2. The highest BCUT2D eigenvalue weighted by atomic mass is 19.1. The van der Waals surface area contributed by atoms with Crippen LogP contribution in [0.15, 0.2) is 72.8 Å². The van der Waals surface area contributed by atoms with Gasteiger partial charge in [-0.1, -0.05) is 29.8 Å². The molecule has 2 nitrogen and oxygen atoms in total. The van der Waals surface area contributed by atoms with Gasteiger partial charge < -0.3 is 10.0 Å². The summed E-state index contributed by atoms with van der Waals surface area (Å²) in [7, 11) is 0. The van der Waals surface area contributed by atoms with Crippen molar-refractivity contribution in [3.05, 3.63) is 89.7 Å². The Labute approximate surface area is 135 Å².